The number of halogens is 1. The topological polar surface area (TPSA) is 24.9 Å². The normalized spacial score (nSPS) is 14.9. The van der Waals surface area contributed by atoms with Gasteiger partial charge in [0.2, 0.25) is 0 Å². The number of para-hydroxylation sites is 1. The molecule has 144 valence electrons. The molecule has 2 aromatic rings. The predicted octanol–water partition coefficient (Wildman–Crippen LogP) is 3.73. The highest BCUT2D eigenvalue weighted by Gasteiger charge is 2.22. The van der Waals surface area contributed by atoms with Gasteiger partial charge < -0.3 is 19.3 Å². The Kier molecular flexibility index (Phi) is 6.63. The van der Waals surface area contributed by atoms with E-state index in [0.29, 0.717) is 18.1 Å². The summed E-state index contributed by atoms with van der Waals surface area (Å²) in [4.78, 5) is 5.41. The molecule has 0 saturated carbocycles. The summed E-state index contributed by atoms with van der Waals surface area (Å²) in [5.74, 6) is 1.01. The first-order valence-corrected chi connectivity index (χ1v) is 9.59. The van der Waals surface area contributed by atoms with Crippen molar-refractivity contribution < 1.29 is 13.9 Å². The lowest BCUT2D eigenvalue weighted by Gasteiger charge is -2.36. The van der Waals surface area contributed by atoms with E-state index in [1.807, 2.05) is 18.2 Å². The summed E-state index contributed by atoms with van der Waals surface area (Å²) in [6.07, 6.45) is 0. The van der Waals surface area contributed by atoms with Gasteiger partial charge in [0.05, 0.1) is 12.7 Å². The summed E-state index contributed by atoms with van der Waals surface area (Å²) in [6.45, 7) is 7.38. The summed E-state index contributed by atoms with van der Waals surface area (Å²) >= 11 is 5.78. The van der Waals surface area contributed by atoms with E-state index in [1.165, 1.54) is 12.1 Å². The molecule has 0 aliphatic carbocycles. The first-order chi connectivity index (χ1) is 13.1. The van der Waals surface area contributed by atoms with Crippen LogP contribution >= 0.6 is 12.2 Å². The van der Waals surface area contributed by atoms with Gasteiger partial charge in [-0.2, -0.15) is 0 Å². The number of likely N-dealkylation sites (N-methyl/N-ethyl adjacent to an activating group) is 1. The molecule has 0 spiro atoms. The molecule has 27 heavy (non-hydrogen) atoms. The van der Waals surface area contributed by atoms with Crippen LogP contribution in [0.25, 0.3) is 0 Å². The Balaban J connectivity index is 1.78. The SMILES string of the molecule is CCN1CCN(C(=S)c2cccc(OC)c2OCc2ccc(F)cc2)CC1. The third kappa shape index (κ3) is 4.76. The Hall–Kier alpha value is -2.18. The lowest BCUT2D eigenvalue weighted by molar-refractivity contribution is 0.191. The van der Waals surface area contributed by atoms with Crippen molar-refractivity contribution in [1.29, 1.82) is 0 Å². The van der Waals surface area contributed by atoms with Crippen molar-refractivity contribution in [3.05, 3.63) is 59.4 Å². The maximum absolute atomic E-state index is 13.1. The van der Waals surface area contributed by atoms with Gasteiger partial charge in [-0.15, -0.1) is 0 Å². The van der Waals surface area contributed by atoms with Crippen molar-refractivity contribution in [2.24, 2.45) is 0 Å². The van der Waals surface area contributed by atoms with Gasteiger partial charge in [0, 0.05) is 26.2 Å². The fourth-order valence-corrected chi connectivity index (χ4v) is 3.51. The van der Waals surface area contributed by atoms with Crippen molar-refractivity contribution >= 4 is 17.2 Å². The fraction of sp³-hybridized carbons (Fsp3) is 0.381. The number of benzene rings is 2. The minimum absolute atomic E-state index is 0.260. The number of nitrogens with zero attached hydrogens (tertiary/aromatic N) is 2. The zero-order valence-corrected chi connectivity index (χ0v) is 16.6. The Labute approximate surface area is 165 Å². The van der Waals surface area contributed by atoms with Gasteiger partial charge in [0.25, 0.3) is 0 Å². The molecule has 1 heterocycles. The lowest BCUT2D eigenvalue weighted by Crippen LogP contribution is -2.48. The average molecular weight is 389 g/mol. The molecule has 0 atom stereocenters. The molecule has 0 N–H and O–H groups in total. The molecule has 0 radical (unpaired) electrons. The number of methoxy groups -OCH3 is 1. The van der Waals surface area contributed by atoms with Crippen LogP contribution in [0.2, 0.25) is 0 Å². The quantitative estimate of drug-likeness (QED) is 0.703. The van der Waals surface area contributed by atoms with Crippen LogP contribution in [0.4, 0.5) is 4.39 Å². The summed E-state index contributed by atoms with van der Waals surface area (Å²) < 4.78 is 24.7. The highest BCUT2D eigenvalue weighted by atomic mass is 32.1. The average Bonchev–Trinajstić information content (AvgIpc) is 2.72. The molecule has 2 aromatic carbocycles. The molecule has 0 aromatic heterocycles. The maximum atomic E-state index is 13.1. The van der Waals surface area contributed by atoms with Crippen LogP contribution < -0.4 is 9.47 Å². The van der Waals surface area contributed by atoms with Crippen LogP contribution in [0.15, 0.2) is 42.5 Å². The van der Waals surface area contributed by atoms with Crippen LogP contribution in [0.5, 0.6) is 11.5 Å². The van der Waals surface area contributed by atoms with E-state index in [2.05, 4.69) is 16.7 Å². The van der Waals surface area contributed by atoms with Crippen molar-refractivity contribution in [3.8, 4) is 11.5 Å². The molecule has 6 heteroatoms. The van der Waals surface area contributed by atoms with Crippen LogP contribution in [0.1, 0.15) is 18.1 Å². The van der Waals surface area contributed by atoms with Crippen molar-refractivity contribution in [2.45, 2.75) is 13.5 Å². The molecule has 1 aliphatic rings. The largest absolute Gasteiger partial charge is 0.493 e. The third-order valence-corrected chi connectivity index (χ3v) is 5.31. The number of hydrogen-bond donors (Lipinski definition) is 0. The van der Waals surface area contributed by atoms with Gasteiger partial charge in [-0.05, 0) is 36.4 Å². The molecule has 3 rings (SSSR count). The van der Waals surface area contributed by atoms with E-state index in [4.69, 9.17) is 21.7 Å². The molecule has 1 saturated heterocycles. The molecule has 0 amide bonds. The Morgan fingerprint density at radius 1 is 1.07 bits per heavy atom. The summed E-state index contributed by atoms with van der Waals surface area (Å²) in [5, 5.41) is 0. The Morgan fingerprint density at radius 2 is 1.78 bits per heavy atom. The monoisotopic (exact) mass is 388 g/mol. The molecule has 0 unspecified atom stereocenters. The van der Waals surface area contributed by atoms with Gasteiger partial charge in [-0.1, -0.05) is 37.3 Å². The predicted molar refractivity (Wildman–Crippen MR) is 109 cm³/mol. The second-order valence-electron chi connectivity index (χ2n) is 6.48. The molecule has 0 bridgehead atoms. The number of hydrogen-bond acceptors (Lipinski definition) is 4. The van der Waals surface area contributed by atoms with Crippen molar-refractivity contribution in [1.82, 2.24) is 9.80 Å². The highest BCUT2D eigenvalue weighted by Crippen LogP contribution is 2.33. The van der Waals surface area contributed by atoms with Crippen LogP contribution in [-0.4, -0.2) is 54.6 Å². The molecular formula is C21H25FN2O2S. The van der Waals surface area contributed by atoms with Crippen LogP contribution in [0.3, 0.4) is 0 Å². The number of rotatable bonds is 6. The van der Waals surface area contributed by atoms with Gasteiger partial charge in [0.1, 0.15) is 17.4 Å². The van der Waals surface area contributed by atoms with E-state index in [0.717, 1.165) is 48.8 Å². The summed E-state index contributed by atoms with van der Waals surface area (Å²) in [7, 11) is 1.62. The fourth-order valence-electron chi connectivity index (χ4n) is 3.17. The molecule has 1 aliphatic heterocycles. The summed E-state index contributed by atoms with van der Waals surface area (Å²) in [6, 6.07) is 12.0. The van der Waals surface area contributed by atoms with Crippen molar-refractivity contribution in [3.63, 3.8) is 0 Å². The van der Waals surface area contributed by atoms with Gasteiger partial charge in [-0.25, -0.2) is 4.39 Å². The summed E-state index contributed by atoms with van der Waals surface area (Å²) in [5.41, 5.74) is 1.74. The van der Waals surface area contributed by atoms with Crippen molar-refractivity contribution in [2.75, 3.05) is 39.8 Å². The first kappa shape index (κ1) is 19.6. The molecule has 4 nitrogen and oxygen atoms in total. The standard InChI is InChI=1S/C21H25FN2O2S/c1-3-23-11-13-24(14-12-23)21(27)18-5-4-6-19(25-2)20(18)26-15-16-7-9-17(22)10-8-16/h4-10H,3,11-15H2,1-2H3. The Morgan fingerprint density at radius 3 is 2.41 bits per heavy atom. The van der Waals surface area contributed by atoms with E-state index >= 15 is 0 Å². The number of ether oxygens (including phenoxy) is 2. The third-order valence-electron chi connectivity index (χ3n) is 4.83. The number of piperazine rings is 1. The molecule has 1 fully saturated rings. The Bertz CT molecular complexity index is 774. The second kappa shape index (κ2) is 9.15. The van der Waals surface area contributed by atoms with Gasteiger partial charge in [0.15, 0.2) is 11.5 Å². The van der Waals surface area contributed by atoms with E-state index in [1.54, 1.807) is 19.2 Å². The maximum Gasteiger partial charge on any atom is 0.171 e. The zero-order chi connectivity index (χ0) is 19.2. The second-order valence-corrected chi connectivity index (χ2v) is 6.87. The molecular weight excluding hydrogens is 363 g/mol. The van der Waals surface area contributed by atoms with Crippen LogP contribution in [0, 0.1) is 5.82 Å². The lowest BCUT2D eigenvalue weighted by atomic mass is 10.1. The minimum Gasteiger partial charge on any atom is -0.493 e. The van der Waals surface area contributed by atoms with Gasteiger partial charge >= 0.3 is 0 Å². The van der Waals surface area contributed by atoms with E-state index in [9.17, 15) is 4.39 Å². The van der Waals surface area contributed by atoms with E-state index < -0.39 is 0 Å². The van der Waals surface area contributed by atoms with Gasteiger partial charge in [-0.3, -0.25) is 0 Å². The highest BCUT2D eigenvalue weighted by molar-refractivity contribution is 7.80. The van der Waals surface area contributed by atoms with Crippen LogP contribution in [-0.2, 0) is 6.61 Å². The zero-order valence-electron chi connectivity index (χ0n) is 15.8. The van der Waals surface area contributed by atoms with E-state index in [-0.39, 0.29) is 5.82 Å². The minimum atomic E-state index is -0.260. The number of thiocarbonyl (C=S) groups is 1. The first-order valence-electron chi connectivity index (χ1n) is 9.18. The smallest absolute Gasteiger partial charge is 0.171 e.